The van der Waals surface area contributed by atoms with Crippen LogP contribution in [0.3, 0.4) is 0 Å². The molecule has 0 atom stereocenters. The van der Waals surface area contributed by atoms with Gasteiger partial charge in [-0.3, -0.25) is 9.78 Å². The second-order valence-electron chi connectivity index (χ2n) is 5.15. The fourth-order valence-electron chi connectivity index (χ4n) is 2.15. The standard InChI is InChI=1S/C17H18Cl2N2O4/c1-9-15(18)17(16(19)10(2)20-9)25-8-14(22)21-11-5-6-12(23-3)13(7-11)24-4/h5-7H,8H2,1-4H3,(H,21,22). The van der Waals surface area contributed by atoms with Gasteiger partial charge in [0, 0.05) is 11.8 Å². The number of methoxy groups -OCH3 is 2. The number of anilines is 1. The van der Waals surface area contributed by atoms with E-state index in [0.717, 1.165) is 0 Å². The van der Waals surface area contributed by atoms with E-state index in [0.29, 0.717) is 28.6 Å². The molecule has 6 nitrogen and oxygen atoms in total. The number of nitrogens with one attached hydrogen (secondary N) is 1. The van der Waals surface area contributed by atoms with Crippen molar-refractivity contribution in [3.05, 3.63) is 39.6 Å². The summed E-state index contributed by atoms with van der Waals surface area (Å²) in [6, 6.07) is 5.04. The maximum atomic E-state index is 12.1. The van der Waals surface area contributed by atoms with Crippen LogP contribution in [0.4, 0.5) is 5.69 Å². The van der Waals surface area contributed by atoms with Gasteiger partial charge < -0.3 is 19.5 Å². The molecule has 8 heteroatoms. The molecule has 134 valence electrons. The Morgan fingerprint density at radius 1 is 1.08 bits per heavy atom. The first-order valence-electron chi connectivity index (χ1n) is 7.34. The van der Waals surface area contributed by atoms with Crippen molar-refractivity contribution in [3.8, 4) is 17.2 Å². The number of carbonyl (C=O) groups is 1. The van der Waals surface area contributed by atoms with Crippen molar-refractivity contribution >= 4 is 34.8 Å². The Balaban J connectivity index is 2.07. The number of benzene rings is 1. The van der Waals surface area contributed by atoms with Crippen molar-refractivity contribution in [3.63, 3.8) is 0 Å². The van der Waals surface area contributed by atoms with Gasteiger partial charge in [-0.15, -0.1) is 0 Å². The number of hydrogen-bond donors (Lipinski definition) is 1. The summed E-state index contributed by atoms with van der Waals surface area (Å²) < 4.78 is 15.8. The predicted octanol–water partition coefficient (Wildman–Crippen LogP) is 4.04. The molecule has 2 aromatic rings. The molecule has 0 bridgehead atoms. The van der Waals surface area contributed by atoms with Gasteiger partial charge >= 0.3 is 0 Å². The summed E-state index contributed by atoms with van der Waals surface area (Å²) in [6.07, 6.45) is 0. The van der Waals surface area contributed by atoms with Crippen LogP contribution in [0.5, 0.6) is 17.2 Å². The Labute approximate surface area is 156 Å². The summed E-state index contributed by atoms with van der Waals surface area (Å²) >= 11 is 12.3. The summed E-state index contributed by atoms with van der Waals surface area (Å²) in [4.78, 5) is 16.3. The second kappa shape index (κ2) is 8.27. The van der Waals surface area contributed by atoms with Crippen LogP contribution in [0.25, 0.3) is 0 Å². The van der Waals surface area contributed by atoms with Crippen molar-refractivity contribution in [2.24, 2.45) is 0 Å². The zero-order valence-corrected chi connectivity index (χ0v) is 15.8. The fraction of sp³-hybridized carbons (Fsp3) is 0.294. The number of aromatic nitrogens is 1. The van der Waals surface area contributed by atoms with Gasteiger partial charge in [0.1, 0.15) is 10.0 Å². The maximum Gasteiger partial charge on any atom is 0.262 e. The van der Waals surface area contributed by atoms with Crippen LogP contribution in [-0.4, -0.2) is 31.7 Å². The summed E-state index contributed by atoms with van der Waals surface area (Å²) in [5, 5.41) is 3.28. The van der Waals surface area contributed by atoms with Crippen LogP contribution in [0.15, 0.2) is 18.2 Å². The summed E-state index contributed by atoms with van der Waals surface area (Å²) in [5.41, 5.74) is 1.71. The third-order valence-electron chi connectivity index (χ3n) is 3.38. The van der Waals surface area contributed by atoms with Gasteiger partial charge in [0.05, 0.1) is 25.6 Å². The lowest BCUT2D eigenvalue weighted by molar-refractivity contribution is -0.118. The first-order valence-corrected chi connectivity index (χ1v) is 8.09. The van der Waals surface area contributed by atoms with E-state index in [4.69, 9.17) is 37.4 Å². The number of aryl methyl sites for hydroxylation is 2. The second-order valence-corrected chi connectivity index (χ2v) is 5.90. The highest BCUT2D eigenvalue weighted by atomic mass is 35.5. The molecule has 25 heavy (non-hydrogen) atoms. The first-order chi connectivity index (χ1) is 11.9. The molecule has 0 spiro atoms. The molecule has 1 heterocycles. The molecule has 0 saturated carbocycles. The van der Waals surface area contributed by atoms with E-state index < -0.39 is 0 Å². The minimum Gasteiger partial charge on any atom is -0.493 e. The molecule has 0 aliphatic rings. The molecule has 0 aliphatic carbocycles. The average Bonchev–Trinajstić information content (AvgIpc) is 2.59. The van der Waals surface area contributed by atoms with E-state index in [1.54, 1.807) is 32.0 Å². The van der Waals surface area contributed by atoms with E-state index >= 15 is 0 Å². The van der Waals surface area contributed by atoms with Crippen molar-refractivity contribution in [2.75, 3.05) is 26.1 Å². The van der Waals surface area contributed by atoms with Crippen LogP contribution in [0, 0.1) is 13.8 Å². The molecule has 1 aromatic carbocycles. The van der Waals surface area contributed by atoms with Crippen molar-refractivity contribution in [1.82, 2.24) is 4.98 Å². The van der Waals surface area contributed by atoms with Crippen molar-refractivity contribution < 1.29 is 19.0 Å². The highest BCUT2D eigenvalue weighted by Gasteiger charge is 2.16. The van der Waals surface area contributed by atoms with Gasteiger partial charge in [-0.2, -0.15) is 0 Å². The smallest absolute Gasteiger partial charge is 0.262 e. The van der Waals surface area contributed by atoms with Gasteiger partial charge in [-0.05, 0) is 26.0 Å². The van der Waals surface area contributed by atoms with Gasteiger partial charge in [0.15, 0.2) is 23.9 Å². The Bertz CT molecular complexity index is 770. The van der Waals surface area contributed by atoms with Gasteiger partial charge in [-0.1, -0.05) is 23.2 Å². The molecule has 0 aliphatic heterocycles. The van der Waals surface area contributed by atoms with Crippen molar-refractivity contribution in [2.45, 2.75) is 13.8 Å². The largest absolute Gasteiger partial charge is 0.493 e. The topological polar surface area (TPSA) is 69.7 Å². The quantitative estimate of drug-likeness (QED) is 0.813. The molecular weight excluding hydrogens is 367 g/mol. The zero-order valence-electron chi connectivity index (χ0n) is 14.3. The third-order valence-corrected chi connectivity index (χ3v) is 4.27. The van der Waals surface area contributed by atoms with E-state index in [2.05, 4.69) is 10.3 Å². The van der Waals surface area contributed by atoms with Gasteiger partial charge in [-0.25, -0.2) is 0 Å². The molecular formula is C17H18Cl2N2O4. The molecule has 0 fully saturated rings. The Hall–Kier alpha value is -2.18. The summed E-state index contributed by atoms with van der Waals surface area (Å²) in [7, 11) is 3.06. The molecule has 0 unspecified atom stereocenters. The lowest BCUT2D eigenvalue weighted by atomic mass is 10.2. The van der Waals surface area contributed by atoms with Gasteiger partial charge in [0.2, 0.25) is 0 Å². The lowest BCUT2D eigenvalue weighted by Crippen LogP contribution is -2.20. The van der Waals surface area contributed by atoms with Crippen LogP contribution in [0.2, 0.25) is 10.0 Å². The first kappa shape index (κ1) is 19.1. The maximum absolute atomic E-state index is 12.1. The number of nitrogens with zero attached hydrogens (tertiary/aromatic N) is 1. The highest BCUT2D eigenvalue weighted by molar-refractivity contribution is 6.37. The number of carbonyl (C=O) groups excluding carboxylic acids is 1. The molecule has 0 saturated heterocycles. The minimum atomic E-state index is -0.369. The normalized spacial score (nSPS) is 10.3. The fourth-order valence-corrected chi connectivity index (χ4v) is 2.58. The van der Waals surface area contributed by atoms with E-state index in [-0.39, 0.29) is 28.3 Å². The zero-order chi connectivity index (χ0) is 18.6. The molecule has 0 radical (unpaired) electrons. The van der Waals surface area contributed by atoms with E-state index in [1.807, 2.05) is 0 Å². The van der Waals surface area contributed by atoms with Crippen LogP contribution >= 0.6 is 23.2 Å². The van der Waals surface area contributed by atoms with Crippen molar-refractivity contribution in [1.29, 1.82) is 0 Å². The number of rotatable bonds is 6. The van der Waals surface area contributed by atoms with Crippen LogP contribution < -0.4 is 19.5 Å². The van der Waals surface area contributed by atoms with E-state index in [9.17, 15) is 4.79 Å². The Kier molecular flexibility index (Phi) is 6.33. The third kappa shape index (κ3) is 4.46. The van der Waals surface area contributed by atoms with Crippen LogP contribution in [0.1, 0.15) is 11.4 Å². The Morgan fingerprint density at radius 2 is 1.68 bits per heavy atom. The SMILES string of the molecule is COc1ccc(NC(=O)COc2c(Cl)c(C)nc(C)c2Cl)cc1OC. The number of hydrogen-bond acceptors (Lipinski definition) is 5. The number of ether oxygens (including phenoxy) is 3. The Morgan fingerprint density at radius 3 is 2.24 bits per heavy atom. The highest BCUT2D eigenvalue weighted by Crippen LogP contribution is 2.36. The average molecular weight is 385 g/mol. The molecule has 2 rings (SSSR count). The molecule has 1 N–H and O–H groups in total. The predicted molar refractivity (Wildman–Crippen MR) is 97.4 cm³/mol. The summed E-state index contributed by atoms with van der Waals surface area (Å²) in [5.74, 6) is 0.952. The number of halogens is 2. The minimum absolute atomic E-state index is 0.246. The number of pyridine rings is 1. The monoisotopic (exact) mass is 384 g/mol. The lowest BCUT2D eigenvalue weighted by Gasteiger charge is -2.13. The van der Waals surface area contributed by atoms with Gasteiger partial charge in [0.25, 0.3) is 5.91 Å². The molecule has 1 amide bonds. The summed E-state index contributed by atoms with van der Waals surface area (Å²) in [6.45, 7) is 3.22. The van der Waals surface area contributed by atoms with Crippen LogP contribution in [-0.2, 0) is 4.79 Å². The van der Waals surface area contributed by atoms with E-state index in [1.165, 1.54) is 14.2 Å². The number of amides is 1. The molecule has 1 aromatic heterocycles.